The minimum atomic E-state index is 0.224. The Balaban J connectivity index is 2.30. The van der Waals surface area contributed by atoms with Crippen molar-refractivity contribution in [3.05, 3.63) is 23.9 Å². The number of rotatable bonds is 3. The molecule has 0 aromatic carbocycles. The van der Waals surface area contributed by atoms with Gasteiger partial charge >= 0.3 is 0 Å². The van der Waals surface area contributed by atoms with Gasteiger partial charge in [0.2, 0.25) is 6.41 Å². The van der Waals surface area contributed by atoms with Crippen LogP contribution in [0.25, 0.3) is 0 Å². The third kappa shape index (κ3) is 2.21. The molecule has 3 nitrogen and oxygen atoms in total. The molecular formula is C12H16N2OS. The third-order valence-electron chi connectivity index (χ3n) is 3.03. The van der Waals surface area contributed by atoms with Crippen molar-refractivity contribution in [2.45, 2.75) is 30.3 Å². The molecule has 1 saturated heterocycles. The number of thioether (sulfide) groups is 1. The molecule has 0 aliphatic carbocycles. The number of piperidine rings is 1. The molecule has 0 unspecified atom stereocenters. The fraction of sp³-hybridized carbons (Fsp3) is 0.500. The fourth-order valence-electron chi connectivity index (χ4n) is 2.24. The second-order valence-electron chi connectivity index (χ2n) is 3.96. The van der Waals surface area contributed by atoms with Gasteiger partial charge in [0.1, 0.15) is 5.03 Å². The van der Waals surface area contributed by atoms with E-state index in [9.17, 15) is 4.79 Å². The summed E-state index contributed by atoms with van der Waals surface area (Å²) in [5.41, 5.74) is 1.20. The van der Waals surface area contributed by atoms with Crippen LogP contribution in [0.1, 0.15) is 30.9 Å². The van der Waals surface area contributed by atoms with Crippen LogP contribution in [0.2, 0.25) is 0 Å². The van der Waals surface area contributed by atoms with E-state index in [-0.39, 0.29) is 6.04 Å². The zero-order chi connectivity index (χ0) is 11.4. The first-order valence-corrected chi connectivity index (χ1v) is 6.79. The van der Waals surface area contributed by atoms with Gasteiger partial charge in [-0.15, -0.1) is 11.8 Å². The van der Waals surface area contributed by atoms with E-state index in [1.165, 1.54) is 12.0 Å². The number of pyridine rings is 1. The molecule has 0 spiro atoms. The molecule has 1 aliphatic heterocycles. The number of amides is 1. The smallest absolute Gasteiger partial charge is 0.210 e. The summed E-state index contributed by atoms with van der Waals surface area (Å²) in [6.45, 7) is 0.872. The number of carbonyl (C=O) groups excluding carboxylic acids is 1. The highest BCUT2D eigenvalue weighted by atomic mass is 32.2. The number of aromatic nitrogens is 1. The summed E-state index contributed by atoms with van der Waals surface area (Å²) in [4.78, 5) is 17.3. The SMILES string of the molecule is CSc1ncccc1[C@@H]1CCCCN1C=O. The van der Waals surface area contributed by atoms with Crippen molar-refractivity contribution >= 4 is 18.2 Å². The maximum Gasteiger partial charge on any atom is 0.210 e. The highest BCUT2D eigenvalue weighted by Crippen LogP contribution is 2.33. The fourth-order valence-corrected chi connectivity index (χ4v) is 2.85. The predicted octanol–water partition coefficient (Wildman–Crippen LogP) is 2.49. The van der Waals surface area contributed by atoms with E-state index in [1.54, 1.807) is 11.8 Å². The van der Waals surface area contributed by atoms with Gasteiger partial charge in [0, 0.05) is 18.3 Å². The summed E-state index contributed by atoms with van der Waals surface area (Å²) >= 11 is 1.65. The monoisotopic (exact) mass is 236 g/mol. The lowest BCUT2D eigenvalue weighted by Gasteiger charge is -2.33. The molecule has 86 valence electrons. The van der Waals surface area contributed by atoms with Crippen LogP contribution >= 0.6 is 11.8 Å². The standard InChI is InChI=1S/C12H16N2OS/c1-16-12-10(5-4-7-13-12)11-6-2-3-8-14(11)9-15/h4-5,7,9,11H,2-3,6,8H2,1H3/t11-/m0/s1. The Bertz CT molecular complexity index is 370. The average molecular weight is 236 g/mol. The molecule has 1 aliphatic rings. The minimum Gasteiger partial charge on any atom is -0.338 e. The Labute approximate surface area is 100 Å². The first-order valence-electron chi connectivity index (χ1n) is 5.56. The van der Waals surface area contributed by atoms with Crippen LogP contribution in [-0.4, -0.2) is 29.1 Å². The lowest BCUT2D eigenvalue weighted by atomic mass is 9.97. The zero-order valence-corrected chi connectivity index (χ0v) is 10.2. The molecule has 16 heavy (non-hydrogen) atoms. The van der Waals surface area contributed by atoms with Crippen LogP contribution in [0.4, 0.5) is 0 Å². The Hall–Kier alpha value is -1.03. The molecule has 1 aromatic heterocycles. The van der Waals surface area contributed by atoms with Gasteiger partial charge in [0.05, 0.1) is 6.04 Å². The van der Waals surface area contributed by atoms with Gasteiger partial charge in [0.15, 0.2) is 0 Å². The van der Waals surface area contributed by atoms with E-state index in [4.69, 9.17) is 0 Å². The van der Waals surface area contributed by atoms with E-state index >= 15 is 0 Å². The Morgan fingerprint density at radius 2 is 2.44 bits per heavy atom. The molecule has 1 atom stereocenters. The second kappa shape index (κ2) is 5.34. The molecule has 1 aromatic rings. The van der Waals surface area contributed by atoms with Crippen LogP contribution in [0, 0.1) is 0 Å². The number of carbonyl (C=O) groups is 1. The third-order valence-corrected chi connectivity index (χ3v) is 3.76. The van der Waals surface area contributed by atoms with Gasteiger partial charge in [-0.05, 0) is 31.6 Å². The largest absolute Gasteiger partial charge is 0.338 e. The lowest BCUT2D eigenvalue weighted by Crippen LogP contribution is -2.32. The van der Waals surface area contributed by atoms with Gasteiger partial charge in [-0.1, -0.05) is 6.07 Å². The van der Waals surface area contributed by atoms with Crippen molar-refractivity contribution in [1.29, 1.82) is 0 Å². The van der Waals surface area contributed by atoms with E-state index in [0.717, 1.165) is 30.8 Å². The number of hydrogen-bond donors (Lipinski definition) is 0. The molecule has 0 N–H and O–H groups in total. The second-order valence-corrected chi connectivity index (χ2v) is 4.75. The van der Waals surface area contributed by atoms with Crippen molar-refractivity contribution in [2.75, 3.05) is 12.8 Å². The van der Waals surface area contributed by atoms with Crippen molar-refractivity contribution in [3.63, 3.8) is 0 Å². The molecule has 2 heterocycles. The highest BCUT2D eigenvalue weighted by molar-refractivity contribution is 7.98. The Morgan fingerprint density at radius 1 is 1.56 bits per heavy atom. The summed E-state index contributed by atoms with van der Waals surface area (Å²) in [6, 6.07) is 4.26. The molecular weight excluding hydrogens is 220 g/mol. The van der Waals surface area contributed by atoms with Crippen LogP contribution in [0.5, 0.6) is 0 Å². The Kier molecular flexibility index (Phi) is 3.83. The van der Waals surface area contributed by atoms with Gasteiger partial charge in [-0.25, -0.2) is 4.98 Å². The maximum atomic E-state index is 11.0. The van der Waals surface area contributed by atoms with E-state index in [2.05, 4.69) is 11.1 Å². The summed E-state index contributed by atoms with van der Waals surface area (Å²) in [7, 11) is 0. The van der Waals surface area contributed by atoms with Gasteiger partial charge in [-0.3, -0.25) is 4.79 Å². The van der Waals surface area contributed by atoms with Crippen LogP contribution in [-0.2, 0) is 4.79 Å². The van der Waals surface area contributed by atoms with E-state index < -0.39 is 0 Å². The summed E-state index contributed by atoms with van der Waals surface area (Å²) < 4.78 is 0. The normalized spacial score (nSPS) is 20.8. The summed E-state index contributed by atoms with van der Waals surface area (Å²) in [6.07, 6.45) is 8.17. The van der Waals surface area contributed by atoms with Crippen molar-refractivity contribution < 1.29 is 4.79 Å². The molecule has 0 saturated carbocycles. The Morgan fingerprint density at radius 3 is 3.19 bits per heavy atom. The lowest BCUT2D eigenvalue weighted by molar-refractivity contribution is -0.121. The summed E-state index contributed by atoms with van der Waals surface area (Å²) in [5, 5.41) is 1.04. The van der Waals surface area contributed by atoms with Crippen LogP contribution < -0.4 is 0 Å². The molecule has 4 heteroatoms. The molecule has 2 rings (SSSR count). The topological polar surface area (TPSA) is 33.2 Å². The van der Waals surface area contributed by atoms with E-state index in [1.807, 2.05) is 23.4 Å². The number of likely N-dealkylation sites (tertiary alicyclic amines) is 1. The van der Waals surface area contributed by atoms with Crippen molar-refractivity contribution in [3.8, 4) is 0 Å². The first-order chi connectivity index (χ1) is 7.86. The maximum absolute atomic E-state index is 11.0. The minimum absolute atomic E-state index is 0.224. The average Bonchev–Trinajstić information content (AvgIpc) is 2.38. The van der Waals surface area contributed by atoms with E-state index in [0.29, 0.717) is 0 Å². The van der Waals surface area contributed by atoms with Gasteiger partial charge in [-0.2, -0.15) is 0 Å². The molecule has 1 amide bonds. The van der Waals surface area contributed by atoms with Crippen molar-refractivity contribution in [1.82, 2.24) is 9.88 Å². The quantitative estimate of drug-likeness (QED) is 0.597. The van der Waals surface area contributed by atoms with Crippen LogP contribution in [0.15, 0.2) is 23.4 Å². The molecule has 1 fully saturated rings. The molecule has 0 radical (unpaired) electrons. The predicted molar refractivity (Wildman–Crippen MR) is 65.4 cm³/mol. The van der Waals surface area contributed by atoms with Gasteiger partial charge in [0.25, 0.3) is 0 Å². The number of hydrogen-bond acceptors (Lipinski definition) is 3. The molecule has 0 bridgehead atoms. The summed E-state index contributed by atoms with van der Waals surface area (Å²) in [5.74, 6) is 0. The van der Waals surface area contributed by atoms with Crippen LogP contribution in [0.3, 0.4) is 0 Å². The van der Waals surface area contributed by atoms with Gasteiger partial charge < -0.3 is 4.90 Å². The first kappa shape index (κ1) is 11.5. The highest BCUT2D eigenvalue weighted by Gasteiger charge is 2.24. The zero-order valence-electron chi connectivity index (χ0n) is 9.43. The number of nitrogens with zero attached hydrogens (tertiary/aromatic N) is 2. The van der Waals surface area contributed by atoms with Crippen molar-refractivity contribution in [2.24, 2.45) is 0 Å².